The smallest absolute Gasteiger partial charge is 0.313 e. The molecule has 0 aromatic heterocycles. The van der Waals surface area contributed by atoms with E-state index in [9.17, 15) is 27.6 Å². The van der Waals surface area contributed by atoms with E-state index in [2.05, 4.69) is 10.9 Å². The van der Waals surface area contributed by atoms with Crippen molar-refractivity contribution in [3.8, 4) is 0 Å². The van der Waals surface area contributed by atoms with Gasteiger partial charge in [0.15, 0.2) is 0 Å². The van der Waals surface area contributed by atoms with Gasteiger partial charge in [0.1, 0.15) is 12.1 Å². The molecule has 1 aromatic carbocycles. The summed E-state index contributed by atoms with van der Waals surface area (Å²) in [6, 6.07) is 4.09. The average Bonchev–Trinajstić information content (AvgIpc) is 2.83. The van der Waals surface area contributed by atoms with Crippen molar-refractivity contribution in [1.29, 1.82) is 0 Å². The van der Waals surface area contributed by atoms with Crippen molar-refractivity contribution in [2.75, 3.05) is 19.0 Å². The van der Waals surface area contributed by atoms with Crippen LogP contribution in [0.4, 0.5) is 23.7 Å². The fourth-order valence-corrected chi connectivity index (χ4v) is 3.83. The van der Waals surface area contributed by atoms with E-state index in [1.54, 1.807) is 7.05 Å². The molecule has 7 nitrogen and oxygen atoms in total. The lowest BCUT2D eigenvalue weighted by atomic mass is 9.81. The molecule has 152 valence electrons. The normalized spacial score (nSPS) is 19.3. The number of benzene rings is 1. The number of halogens is 3. The third-order valence-corrected chi connectivity index (χ3v) is 5.35. The highest BCUT2D eigenvalue weighted by Gasteiger charge is 2.55. The second-order valence-corrected chi connectivity index (χ2v) is 7.04. The fraction of sp³-hybridized carbons (Fsp3) is 0.500. The predicted octanol–water partition coefficient (Wildman–Crippen LogP) is 2.75. The fourth-order valence-electron chi connectivity index (χ4n) is 3.83. The quantitative estimate of drug-likeness (QED) is 0.604. The number of para-hydroxylation sites is 1. The average molecular weight is 398 g/mol. The standard InChI is InChI=1S/C18H21F3N4O3/c1-24-16(28)25(15(27)17(24)9-5-2-6-10-17)11-14(26)23-22-13-8-4-3-7-12(13)18(19,20)21/h3-4,7-8,22H,2,5-6,9-11H2,1H3,(H,23,26). The van der Waals surface area contributed by atoms with Gasteiger partial charge in [0.05, 0.1) is 11.3 Å². The zero-order valence-corrected chi connectivity index (χ0v) is 15.3. The number of carbonyl (C=O) groups is 3. The zero-order chi connectivity index (χ0) is 20.5. The van der Waals surface area contributed by atoms with Gasteiger partial charge in [-0.25, -0.2) is 4.79 Å². The van der Waals surface area contributed by atoms with Crippen LogP contribution in [0.25, 0.3) is 0 Å². The summed E-state index contributed by atoms with van der Waals surface area (Å²) >= 11 is 0. The molecule has 1 spiro atoms. The van der Waals surface area contributed by atoms with Crippen molar-refractivity contribution in [3.05, 3.63) is 29.8 Å². The summed E-state index contributed by atoms with van der Waals surface area (Å²) in [6.45, 7) is -0.565. The lowest BCUT2D eigenvalue weighted by Gasteiger charge is -2.35. The van der Waals surface area contributed by atoms with Gasteiger partial charge in [0, 0.05) is 7.05 Å². The number of imide groups is 1. The molecule has 1 saturated heterocycles. The Morgan fingerprint density at radius 3 is 2.43 bits per heavy atom. The Labute approximate surface area is 159 Å². The number of nitrogens with zero attached hydrogens (tertiary/aromatic N) is 2. The molecule has 1 aliphatic heterocycles. The molecule has 0 unspecified atom stereocenters. The van der Waals surface area contributed by atoms with Crippen molar-refractivity contribution < 1.29 is 27.6 Å². The van der Waals surface area contributed by atoms with Crippen molar-refractivity contribution in [2.24, 2.45) is 0 Å². The van der Waals surface area contributed by atoms with E-state index >= 15 is 0 Å². The number of alkyl halides is 3. The van der Waals surface area contributed by atoms with E-state index in [4.69, 9.17) is 0 Å². The number of amides is 4. The lowest BCUT2D eigenvalue weighted by Crippen LogP contribution is -2.49. The van der Waals surface area contributed by atoms with Gasteiger partial charge < -0.3 is 4.90 Å². The Bertz CT molecular complexity index is 791. The van der Waals surface area contributed by atoms with E-state index in [0.717, 1.165) is 30.2 Å². The second-order valence-electron chi connectivity index (χ2n) is 7.04. The first-order chi connectivity index (χ1) is 13.2. The van der Waals surface area contributed by atoms with Gasteiger partial charge in [0.25, 0.3) is 11.8 Å². The molecular weight excluding hydrogens is 377 g/mol. The van der Waals surface area contributed by atoms with E-state index in [-0.39, 0.29) is 5.69 Å². The van der Waals surface area contributed by atoms with E-state index < -0.39 is 41.7 Å². The predicted molar refractivity (Wildman–Crippen MR) is 93.9 cm³/mol. The molecule has 4 amide bonds. The second kappa shape index (κ2) is 7.33. The number of carbonyl (C=O) groups excluding carboxylic acids is 3. The van der Waals surface area contributed by atoms with E-state index in [1.165, 1.54) is 23.1 Å². The molecule has 10 heteroatoms. The maximum absolute atomic E-state index is 13.0. The van der Waals surface area contributed by atoms with E-state index in [1.807, 2.05) is 0 Å². The topological polar surface area (TPSA) is 81.8 Å². The van der Waals surface area contributed by atoms with Gasteiger partial charge >= 0.3 is 12.2 Å². The molecule has 1 aliphatic carbocycles. The number of urea groups is 1. The van der Waals surface area contributed by atoms with Crippen LogP contribution in [0.1, 0.15) is 37.7 Å². The number of rotatable bonds is 4. The van der Waals surface area contributed by atoms with E-state index in [0.29, 0.717) is 12.8 Å². The van der Waals surface area contributed by atoms with Crippen LogP contribution in [0, 0.1) is 0 Å². The van der Waals surface area contributed by atoms with Crippen LogP contribution in [-0.4, -0.2) is 46.8 Å². The highest BCUT2D eigenvalue weighted by atomic mass is 19.4. The van der Waals surface area contributed by atoms with Gasteiger partial charge in [-0.3, -0.25) is 25.3 Å². The molecule has 2 aliphatic rings. The number of hydrogen-bond acceptors (Lipinski definition) is 4. The SMILES string of the molecule is CN1C(=O)N(CC(=O)NNc2ccccc2C(F)(F)F)C(=O)C12CCCCC2. The van der Waals surface area contributed by atoms with Crippen LogP contribution < -0.4 is 10.9 Å². The van der Waals surface area contributed by atoms with Crippen LogP contribution >= 0.6 is 0 Å². The largest absolute Gasteiger partial charge is 0.418 e. The third kappa shape index (κ3) is 3.50. The number of hydrazine groups is 1. The van der Waals surface area contributed by atoms with Crippen LogP contribution in [0.15, 0.2) is 24.3 Å². The maximum atomic E-state index is 13.0. The molecule has 0 radical (unpaired) electrons. The number of anilines is 1. The Kier molecular flexibility index (Phi) is 5.22. The number of likely N-dealkylation sites (N-methyl/N-ethyl adjacent to an activating group) is 1. The summed E-state index contributed by atoms with van der Waals surface area (Å²) in [4.78, 5) is 39.7. The Balaban J connectivity index is 1.66. The van der Waals surface area contributed by atoms with Gasteiger partial charge in [0.2, 0.25) is 0 Å². The van der Waals surface area contributed by atoms with Crippen molar-refractivity contribution in [3.63, 3.8) is 0 Å². The monoisotopic (exact) mass is 398 g/mol. The van der Waals surface area contributed by atoms with Gasteiger partial charge in [-0.15, -0.1) is 0 Å². The first-order valence-electron chi connectivity index (χ1n) is 8.98. The molecular formula is C18H21F3N4O3. The van der Waals surface area contributed by atoms with Crippen molar-refractivity contribution in [2.45, 2.75) is 43.8 Å². The summed E-state index contributed by atoms with van der Waals surface area (Å²) in [6.07, 6.45) is -0.878. The Morgan fingerprint density at radius 2 is 1.79 bits per heavy atom. The van der Waals surface area contributed by atoms with Crippen molar-refractivity contribution >= 4 is 23.5 Å². The van der Waals surface area contributed by atoms with Gasteiger partial charge in [-0.2, -0.15) is 13.2 Å². The van der Waals surface area contributed by atoms with Crippen LogP contribution in [0.2, 0.25) is 0 Å². The number of hydrogen-bond donors (Lipinski definition) is 2. The summed E-state index contributed by atoms with van der Waals surface area (Å²) in [7, 11) is 1.54. The van der Waals surface area contributed by atoms with Gasteiger partial charge in [-0.05, 0) is 25.0 Å². The van der Waals surface area contributed by atoms with Gasteiger partial charge in [-0.1, -0.05) is 31.4 Å². The first kappa shape index (κ1) is 20.0. The highest BCUT2D eigenvalue weighted by molar-refractivity contribution is 6.09. The third-order valence-electron chi connectivity index (χ3n) is 5.35. The minimum absolute atomic E-state index is 0.330. The molecule has 0 atom stereocenters. The molecule has 1 aromatic rings. The first-order valence-corrected chi connectivity index (χ1v) is 8.98. The molecule has 2 N–H and O–H groups in total. The summed E-state index contributed by atoms with van der Waals surface area (Å²) in [5.74, 6) is -1.22. The molecule has 3 rings (SSSR count). The molecule has 1 saturated carbocycles. The molecule has 0 bridgehead atoms. The summed E-state index contributed by atoms with van der Waals surface area (Å²) < 4.78 is 39.0. The molecule has 2 fully saturated rings. The van der Waals surface area contributed by atoms with Crippen molar-refractivity contribution in [1.82, 2.24) is 15.2 Å². The Hall–Kier alpha value is -2.78. The lowest BCUT2D eigenvalue weighted by molar-refractivity contribution is -0.137. The van der Waals surface area contributed by atoms with Crippen LogP contribution in [-0.2, 0) is 15.8 Å². The Morgan fingerprint density at radius 1 is 1.14 bits per heavy atom. The molecule has 1 heterocycles. The summed E-state index contributed by atoms with van der Waals surface area (Å²) in [5.41, 5.74) is 2.17. The van der Waals surface area contributed by atoms with Crippen LogP contribution in [0.3, 0.4) is 0 Å². The molecule has 28 heavy (non-hydrogen) atoms. The maximum Gasteiger partial charge on any atom is 0.418 e. The minimum Gasteiger partial charge on any atom is -0.313 e. The highest BCUT2D eigenvalue weighted by Crippen LogP contribution is 2.39. The zero-order valence-electron chi connectivity index (χ0n) is 15.3. The summed E-state index contributed by atoms with van der Waals surface area (Å²) in [5, 5.41) is 0. The van der Waals surface area contributed by atoms with Crippen LogP contribution in [0.5, 0.6) is 0 Å². The number of nitrogens with one attached hydrogen (secondary N) is 2. The minimum atomic E-state index is -4.59.